The molecule has 0 bridgehead atoms. The Morgan fingerprint density at radius 3 is 2.56 bits per heavy atom. The van der Waals surface area contributed by atoms with Crippen molar-refractivity contribution in [1.29, 1.82) is 0 Å². The normalized spacial score (nSPS) is 14.5. The summed E-state index contributed by atoms with van der Waals surface area (Å²) in [7, 11) is 1.53. The number of fused-ring (bicyclic) bond motifs is 2. The molecule has 0 unspecified atom stereocenters. The van der Waals surface area contributed by atoms with Gasteiger partial charge in [0.05, 0.1) is 10.9 Å². The number of anilines is 1. The number of ether oxygens (including phenoxy) is 1. The summed E-state index contributed by atoms with van der Waals surface area (Å²) in [5, 5.41) is 0.559. The fourth-order valence-corrected chi connectivity index (χ4v) is 5.69. The van der Waals surface area contributed by atoms with E-state index in [1.165, 1.54) is 7.11 Å². The van der Waals surface area contributed by atoms with Gasteiger partial charge in [-0.3, -0.25) is 19.4 Å². The van der Waals surface area contributed by atoms with E-state index in [2.05, 4.69) is 21.0 Å². The number of hydrogen-bond acceptors (Lipinski definition) is 6. The third kappa shape index (κ3) is 7.73. The highest BCUT2D eigenvalue weighted by atomic mass is 16.5. The third-order valence-electron chi connectivity index (χ3n) is 7.92. The van der Waals surface area contributed by atoms with Crippen molar-refractivity contribution in [1.82, 2.24) is 19.9 Å². The van der Waals surface area contributed by atoms with E-state index in [4.69, 9.17) is 4.74 Å². The maximum Gasteiger partial charge on any atom is 0.258 e. The van der Waals surface area contributed by atoms with Crippen LogP contribution < -0.4 is 10.5 Å². The van der Waals surface area contributed by atoms with E-state index in [9.17, 15) is 14.4 Å². The van der Waals surface area contributed by atoms with E-state index in [1.54, 1.807) is 12.3 Å². The maximum absolute atomic E-state index is 13.7. The SMILES string of the molecule is COCC(=O)N1CCCCCCCN(C(=O)CCCc2nc3ccccc3c(=O)[nH]2)Cc2cc(-c3cccnc3)ccc21. The van der Waals surface area contributed by atoms with E-state index in [0.717, 1.165) is 54.5 Å². The van der Waals surface area contributed by atoms with Gasteiger partial charge in [-0.2, -0.15) is 0 Å². The van der Waals surface area contributed by atoms with Crippen LogP contribution >= 0.6 is 0 Å². The lowest BCUT2D eigenvalue weighted by Gasteiger charge is -2.30. The lowest BCUT2D eigenvalue weighted by molar-refractivity contribution is -0.132. The molecule has 0 saturated carbocycles. The average Bonchev–Trinajstić information content (AvgIpc) is 3.01. The summed E-state index contributed by atoms with van der Waals surface area (Å²) in [5.74, 6) is 0.543. The summed E-state index contributed by atoms with van der Waals surface area (Å²) in [4.78, 5) is 54.8. The van der Waals surface area contributed by atoms with Crippen LogP contribution in [0.5, 0.6) is 0 Å². The van der Waals surface area contributed by atoms with E-state index in [1.807, 2.05) is 58.5 Å². The Kier molecular flexibility index (Phi) is 10.3. The van der Waals surface area contributed by atoms with Gasteiger partial charge in [0, 0.05) is 57.7 Å². The Balaban J connectivity index is 1.39. The number of hydrogen-bond donors (Lipinski definition) is 1. The molecule has 5 rings (SSSR count). The van der Waals surface area contributed by atoms with Crippen LogP contribution in [-0.4, -0.2) is 58.5 Å². The molecule has 4 aromatic rings. The van der Waals surface area contributed by atoms with E-state index in [0.29, 0.717) is 55.6 Å². The van der Waals surface area contributed by atoms with Crippen molar-refractivity contribution in [2.24, 2.45) is 0 Å². The highest BCUT2D eigenvalue weighted by Gasteiger charge is 2.23. The second-order valence-electron chi connectivity index (χ2n) is 11.0. The van der Waals surface area contributed by atoms with Crippen LogP contribution in [0.4, 0.5) is 5.69 Å². The summed E-state index contributed by atoms with van der Waals surface area (Å²) < 4.78 is 5.22. The molecular formula is C34H39N5O4. The number of aromatic amines is 1. The average molecular weight is 582 g/mol. The first-order valence-electron chi connectivity index (χ1n) is 15.1. The minimum Gasteiger partial charge on any atom is -0.375 e. The first-order valence-corrected chi connectivity index (χ1v) is 15.1. The van der Waals surface area contributed by atoms with Crippen molar-refractivity contribution in [2.45, 2.75) is 57.9 Å². The zero-order valence-corrected chi connectivity index (χ0v) is 24.8. The molecule has 9 nitrogen and oxygen atoms in total. The number of carbonyl (C=O) groups is 2. The molecular weight excluding hydrogens is 542 g/mol. The van der Waals surface area contributed by atoms with Crippen LogP contribution in [0.2, 0.25) is 0 Å². The first-order chi connectivity index (χ1) is 21.0. The lowest BCUT2D eigenvalue weighted by Crippen LogP contribution is -2.37. The molecule has 2 amide bonds. The standard InChI is InChI=1S/C34H39N5O4/c1-43-24-33(41)39-20-8-4-2-3-7-19-38(23-27-21-25(16-17-30(27)39)26-11-10-18-35-22-26)32(40)15-9-14-31-36-29-13-6-5-12-28(29)34(42)37-31/h5-6,10-13,16-18,21-22H,2-4,7-9,14-15,19-20,23-24H2,1H3,(H,36,37,42). The van der Waals surface area contributed by atoms with Crippen LogP contribution in [0.1, 0.15) is 56.3 Å². The summed E-state index contributed by atoms with van der Waals surface area (Å²) in [5.41, 5.74) is 4.18. The van der Waals surface area contributed by atoms with Gasteiger partial charge < -0.3 is 19.5 Å². The van der Waals surface area contributed by atoms with Gasteiger partial charge in [0.15, 0.2) is 0 Å². The quantitative estimate of drug-likeness (QED) is 0.318. The molecule has 0 aliphatic carbocycles. The minimum atomic E-state index is -0.163. The Bertz CT molecular complexity index is 1600. The molecule has 43 heavy (non-hydrogen) atoms. The van der Waals surface area contributed by atoms with Crippen molar-refractivity contribution in [3.8, 4) is 11.1 Å². The molecule has 0 fully saturated rings. The van der Waals surface area contributed by atoms with Crippen molar-refractivity contribution >= 4 is 28.4 Å². The van der Waals surface area contributed by atoms with Gasteiger partial charge in [-0.15, -0.1) is 0 Å². The number of nitrogens with one attached hydrogen (secondary N) is 1. The summed E-state index contributed by atoms with van der Waals surface area (Å²) in [6.45, 7) is 1.64. The Hall–Kier alpha value is -4.37. The number of aryl methyl sites for hydroxylation is 1. The number of pyridine rings is 1. The second-order valence-corrected chi connectivity index (χ2v) is 11.0. The van der Waals surface area contributed by atoms with Crippen molar-refractivity contribution in [3.05, 3.63) is 88.7 Å². The van der Waals surface area contributed by atoms with Gasteiger partial charge in [0.25, 0.3) is 11.5 Å². The molecule has 0 atom stereocenters. The number of nitrogens with zero attached hydrogens (tertiary/aromatic N) is 4. The summed E-state index contributed by atoms with van der Waals surface area (Å²) in [6.07, 6.45) is 9.90. The van der Waals surface area contributed by atoms with Crippen molar-refractivity contribution in [2.75, 3.05) is 31.7 Å². The largest absolute Gasteiger partial charge is 0.375 e. The number of carbonyl (C=O) groups excluding carboxylic acids is 2. The van der Waals surface area contributed by atoms with Gasteiger partial charge >= 0.3 is 0 Å². The minimum absolute atomic E-state index is 0.00264. The molecule has 0 spiro atoms. The smallest absolute Gasteiger partial charge is 0.258 e. The molecule has 3 heterocycles. The number of benzene rings is 2. The third-order valence-corrected chi connectivity index (χ3v) is 7.92. The summed E-state index contributed by atoms with van der Waals surface area (Å²) >= 11 is 0. The van der Waals surface area contributed by atoms with Gasteiger partial charge in [-0.05, 0) is 66.3 Å². The lowest BCUT2D eigenvalue weighted by atomic mass is 10.0. The monoisotopic (exact) mass is 581 g/mol. The van der Waals surface area contributed by atoms with Crippen LogP contribution in [-0.2, 0) is 27.3 Å². The number of para-hydroxylation sites is 1. The van der Waals surface area contributed by atoms with Gasteiger partial charge in [0.1, 0.15) is 12.4 Å². The molecule has 2 aromatic heterocycles. The fraction of sp³-hybridized carbons (Fsp3) is 0.382. The fourth-order valence-electron chi connectivity index (χ4n) is 5.69. The van der Waals surface area contributed by atoms with Gasteiger partial charge in [0.2, 0.25) is 5.91 Å². The number of methoxy groups -OCH3 is 1. The molecule has 0 saturated heterocycles. The highest BCUT2D eigenvalue weighted by molar-refractivity contribution is 5.95. The van der Waals surface area contributed by atoms with E-state index in [-0.39, 0.29) is 24.0 Å². The van der Waals surface area contributed by atoms with Gasteiger partial charge in [-0.1, -0.05) is 43.5 Å². The Morgan fingerprint density at radius 1 is 0.930 bits per heavy atom. The number of H-pyrrole nitrogens is 1. The van der Waals surface area contributed by atoms with Gasteiger partial charge in [-0.25, -0.2) is 4.98 Å². The predicted molar refractivity (Wildman–Crippen MR) is 168 cm³/mol. The number of aromatic nitrogens is 3. The van der Waals surface area contributed by atoms with Crippen LogP contribution in [0.3, 0.4) is 0 Å². The highest BCUT2D eigenvalue weighted by Crippen LogP contribution is 2.30. The molecule has 9 heteroatoms. The van der Waals surface area contributed by atoms with Crippen LogP contribution in [0.25, 0.3) is 22.0 Å². The summed E-state index contributed by atoms with van der Waals surface area (Å²) in [6, 6.07) is 17.2. The van der Waals surface area contributed by atoms with Crippen LogP contribution in [0.15, 0.2) is 71.8 Å². The Morgan fingerprint density at radius 2 is 1.74 bits per heavy atom. The topological polar surface area (TPSA) is 108 Å². The predicted octanol–water partition coefficient (Wildman–Crippen LogP) is 5.28. The zero-order valence-electron chi connectivity index (χ0n) is 24.8. The number of rotatable bonds is 7. The molecule has 1 N–H and O–H groups in total. The molecule has 1 aliphatic rings. The van der Waals surface area contributed by atoms with Crippen molar-refractivity contribution in [3.63, 3.8) is 0 Å². The first kappa shape index (κ1) is 30.1. The van der Waals surface area contributed by atoms with E-state index < -0.39 is 0 Å². The second kappa shape index (κ2) is 14.7. The Labute approximate surface area is 251 Å². The molecule has 224 valence electrons. The number of amides is 2. The molecule has 1 aliphatic heterocycles. The van der Waals surface area contributed by atoms with E-state index >= 15 is 0 Å². The molecule has 2 aromatic carbocycles. The molecule has 0 radical (unpaired) electrons. The maximum atomic E-state index is 13.7. The van der Waals surface area contributed by atoms with Crippen molar-refractivity contribution < 1.29 is 14.3 Å². The van der Waals surface area contributed by atoms with Crippen LogP contribution in [0, 0.1) is 0 Å². The zero-order chi connectivity index (χ0) is 30.0.